The summed E-state index contributed by atoms with van der Waals surface area (Å²) in [5.74, 6) is -0.440. The van der Waals surface area contributed by atoms with Gasteiger partial charge in [-0.2, -0.15) is 0 Å². The molecule has 2 rings (SSSR count). The molecule has 2 aromatic carbocycles. The van der Waals surface area contributed by atoms with E-state index in [9.17, 15) is 9.90 Å². The number of carbonyl (C=O) groups is 1. The minimum absolute atomic E-state index is 0.191. The molecule has 1 unspecified atom stereocenters. The molecule has 4 nitrogen and oxygen atoms in total. The number of hydroxylamine groups is 1. The lowest BCUT2D eigenvalue weighted by Gasteiger charge is -2.11. The second-order valence-corrected chi connectivity index (χ2v) is 5.51. The minimum atomic E-state index is -0.620. The summed E-state index contributed by atoms with van der Waals surface area (Å²) in [6.07, 6.45) is 0.544. The number of hydrogen-bond donors (Lipinski definition) is 3. The van der Waals surface area contributed by atoms with Crippen molar-refractivity contribution in [3.05, 3.63) is 59.1 Å². The molecule has 2 aromatic rings. The first-order valence-corrected chi connectivity index (χ1v) is 7.45. The van der Waals surface area contributed by atoms with Crippen LogP contribution in [0.2, 0.25) is 5.02 Å². The van der Waals surface area contributed by atoms with Crippen LogP contribution in [0.4, 0.5) is 0 Å². The van der Waals surface area contributed by atoms with E-state index in [4.69, 9.17) is 16.8 Å². The van der Waals surface area contributed by atoms with Crippen LogP contribution in [0, 0.1) is 0 Å². The standard InChI is InChI=1S/C17H18ClNO3/c18-15-10-8-13(9-11-15)12-4-6-14(7-5-12)16(20)2-1-3-17(21)19-22/h4-11,16,20,22H,1-3H2,(H,19,21). The number of hydrogen-bond acceptors (Lipinski definition) is 3. The molecule has 1 atom stereocenters. The van der Waals surface area contributed by atoms with E-state index in [1.165, 1.54) is 0 Å². The first-order valence-electron chi connectivity index (χ1n) is 7.07. The third-order valence-electron chi connectivity index (χ3n) is 3.48. The number of aliphatic hydroxyl groups excluding tert-OH is 1. The van der Waals surface area contributed by atoms with Gasteiger partial charge in [0.15, 0.2) is 0 Å². The van der Waals surface area contributed by atoms with Gasteiger partial charge >= 0.3 is 0 Å². The number of halogens is 1. The van der Waals surface area contributed by atoms with E-state index in [0.717, 1.165) is 16.7 Å². The monoisotopic (exact) mass is 319 g/mol. The second kappa shape index (κ2) is 7.94. The Labute approximate surface area is 134 Å². The summed E-state index contributed by atoms with van der Waals surface area (Å²) in [6.45, 7) is 0. The fraction of sp³-hybridized carbons (Fsp3) is 0.235. The van der Waals surface area contributed by atoms with Crippen molar-refractivity contribution in [1.29, 1.82) is 0 Å². The van der Waals surface area contributed by atoms with Crippen molar-refractivity contribution in [2.45, 2.75) is 25.4 Å². The number of benzene rings is 2. The second-order valence-electron chi connectivity index (χ2n) is 5.07. The van der Waals surface area contributed by atoms with Crippen LogP contribution >= 0.6 is 11.6 Å². The summed E-state index contributed by atoms with van der Waals surface area (Å²) in [7, 11) is 0. The molecule has 0 saturated carbocycles. The SMILES string of the molecule is O=C(CCCC(O)c1ccc(-c2ccc(Cl)cc2)cc1)NO. The van der Waals surface area contributed by atoms with Crippen LogP contribution in [0.3, 0.4) is 0 Å². The van der Waals surface area contributed by atoms with E-state index in [-0.39, 0.29) is 6.42 Å². The summed E-state index contributed by atoms with van der Waals surface area (Å²) >= 11 is 5.87. The Kier molecular flexibility index (Phi) is 5.95. The Morgan fingerprint density at radius 2 is 1.59 bits per heavy atom. The first-order chi connectivity index (χ1) is 10.6. The van der Waals surface area contributed by atoms with Gasteiger partial charge in [-0.05, 0) is 41.7 Å². The van der Waals surface area contributed by atoms with E-state index in [1.54, 1.807) is 5.48 Å². The maximum absolute atomic E-state index is 10.9. The largest absolute Gasteiger partial charge is 0.388 e. The lowest BCUT2D eigenvalue weighted by Crippen LogP contribution is -2.18. The molecule has 0 radical (unpaired) electrons. The van der Waals surface area contributed by atoms with E-state index < -0.39 is 12.0 Å². The summed E-state index contributed by atoms with van der Waals surface area (Å²) in [5.41, 5.74) is 4.49. The molecule has 0 spiro atoms. The van der Waals surface area contributed by atoms with Crippen LogP contribution in [0.5, 0.6) is 0 Å². The quantitative estimate of drug-likeness (QED) is 0.561. The van der Waals surface area contributed by atoms with Crippen LogP contribution in [-0.2, 0) is 4.79 Å². The summed E-state index contributed by atoms with van der Waals surface area (Å²) in [6, 6.07) is 15.2. The van der Waals surface area contributed by atoms with E-state index >= 15 is 0 Å². The first kappa shape index (κ1) is 16.5. The molecular weight excluding hydrogens is 302 g/mol. The van der Waals surface area contributed by atoms with Gasteiger partial charge in [-0.3, -0.25) is 10.0 Å². The Morgan fingerprint density at radius 1 is 1.05 bits per heavy atom. The molecule has 0 heterocycles. The molecule has 0 aliphatic carbocycles. The predicted octanol–water partition coefficient (Wildman–Crippen LogP) is 3.72. The van der Waals surface area contributed by atoms with Crippen LogP contribution in [0.25, 0.3) is 11.1 Å². The summed E-state index contributed by atoms with van der Waals surface area (Å²) in [4.78, 5) is 10.9. The molecule has 3 N–H and O–H groups in total. The summed E-state index contributed by atoms with van der Waals surface area (Å²) < 4.78 is 0. The van der Waals surface area contributed by atoms with Gasteiger partial charge in [-0.15, -0.1) is 0 Å². The van der Waals surface area contributed by atoms with Crippen LogP contribution in [0.1, 0.15) is 30.9 Å². The number of amides is 1. The average molecular weight is 320 g/mol. The summed E-state index contributed by atoms with van der Waals surface area (Å²) in [5, 5.41) is 19.2. The van der Waals surface area contributed by atoms with Gasteiger partial charge in [0, 0.05) is 11.4 Å². The van der Waals surface area contributed by atoms with Gasteiger partial charge in [-0.1, -0.05) is 48.0 Å². The zero-order valence-corrected chi connectivity index (χ0v) is 12.8. The number of nitrogens with one attached hydrogen (secondary N) is 1. The molecule has 22 heavy (non-hydrogen) atoms. The molecule has 1 amide bonds. The smallest absolute Gasteiger partial charge is 0.243 e. The van der Waals surface area contributed by atoms with Crippen molar-refractivity contribution in [1.82, 2.24) is 5.48 Å². The topological polar surface area (TPSA) is 69.6 Å². The van der Waals surface area contributed by atoms with Gasteiger partial charge in [0.25, 0.3) is 0 Å². The molecule has 0 aliphatic heterocycles. The van der Waals surface area contributed by atoms with E-state index in [1.807, 2.05) is 48.5 Å². The average Bonchev–Trinajstić information content (AvgIpc) is 2.55. The van der Waals surface area contributed by atoms with Crippen LogP contribution in [0.15, 0.2) is 48.5 Å². The Bertz CT molecular complexity index is 611. The van der Waals surface area contributed by atoms with Crippen molar-refractivity contribution in [2.75, 3.05) is 0 Å². The lowest BCUT2D eigenvalue weighted by molar-refractivity contribution is -0.129. The number of carbonyl (C=O) groups excluding carboxylic acids is 1. The zero-order chi connectivity index (χ0) is 15.9. The molecular formula is C17H18ClNO3. The molecule has 0 bridgehead atoms. The normalized spacial score (nSPS) is 12.0. The molecule has 0 aromatic heterocycles. The van der Waals surface area contributed by atoms with Gasteiger partial charge in [-0.25, -0.2) is 5.48 Å². The molecule has 116 valence electrons. The van der Waals surface area contributed by atoms with Crippen molar-refractivity contribution in [3.8, 4) is 11.1 Å². The predicted molar refractivity (Wildman–Crippen MR) is 85.6 cm³/mol. The van der Waals surface area contributed by atoms with Crippen molar-refractivity contribution in [3.63, 3.8) is 0 Å². The van der Waals surface area contributed by atoms with Gasteiger partial charge in [0.2, 0.25) is 5.91 Å². The number of aliphatic hydroxyl groups is 1. The fourth-order valence-electron chi connectivity index (χ4n) is 2.22. The zero-order valence-electron chi connectivity index (χ0n) is 12.0. The van der Waals surface area contributed by atoms with Crippen molar-refractivity contribution in [2.24, 2.45) is 0 Å². The molecule has 0 aliphatic rings. The van der Waals surface area contributed by atoms with Gasteiger partial charge in [0.1, 0.15) is 0 Å². The Morgan fingerprint density at radius 3 is 2.14 bits per heavy atom. The van der Waals surface area contributed by atoms with Crippen molar-refractivity contribution < 1.29 is 15.1 Å². The minimum Gasteiger partial charge on any atom is -0.388 e. The third kappa shape index (κ3) is 4.56. The highest BCUT2D eigenvalue weighted by atomic mass is 35.5. The van der Waals surface area contributed by atoms with Crippen molar-refractivity contribution >= 4 is 17.5 Å². The Balaban J connectivity index is 1.96. The lowest BCUT2D eigenvalue weighted by atomic mass is 9.99. The highest BCUT2D eigenvalue weighted by Gasteiger charge is 2.09. The van der Waals surface area contributed by atoms with Crippen LogP contribution < -0.4 is 5.48 Å². The molecule has 5 heteroatoms. The van der Waals surface area contributed by atoms with Gasteiger partial charge in [0.05, 0.1) is 6.10 Å². The highest BCUT2D eigenvalue weighted by molar-refractivity contribution is 6.30. The third-order valence-corrected chi connectivity index (χ3v) is 3.73. The highest BCUT2D eigenvalue weighted by Crippen LogP contribution is 2.25. The maximum atomic E-state index is 10.9. The van der Waals surface area contributed by atoms with Gasteiger partial charge < -0.3 is 5.11 Å². The van der Waals surface area contributed by atoms with E-state index in [0.29, 0.717) is 17.9 Å². The molecule has 0 fully saturated rings. The fourth-order valence-corrected chi connectivity index (χ4v) is 2.34. The van der Waals surface area contributed by atoms with E-state index in [2.05, 4.69) is 0 Å². The van der Waals surface area contributed by atoms with Crippen LogP contribution in [-0.4, -0.2) is 16.2 Å². The Hall–Kier alpha value is -1.88. The molecule has 0 saturated heterocycles. The number of rotatable bonds is 6. The maximum Gasteiger partial charge on any atom is 0.243 e.